The molecule has 0 saturated heterocycles. The van der Waals surface area contributed by atoms with Gasteiger partial charge in [0.05, 0.1) is 22.3 Å². The van der Waals surface area contributed by atoms with Crippen LogP contribution >= 0.6 is 23.2 Å². The third kappa shape index (κ3) is 5.27. The molecule has 2 rings (SSSR count). The lowest BCUT2D eigenvalue weighted by atomic mass is 10.3. The number of likely N-dealkylation sites (N-methyl/N-ethyl adjacent to an activating group) is 1. The minimum atomic E-state index is -0.451. The van der Waals surface area contributed by atoms with Gasteiger partial charge in [0, 0.05) is 7.05 Å². The Hall–Kier alpha value is -2.44. The summed E-state index contributed by atoms with van der Waals surface area (Å²) in [6.07, 6.45) is 0. The second-order valence-electron chi connectivity index (χ2n) is 5.15. The molecule has 2 amide bonds. The number of ether oxygens (including phenoxy) is 1. The van der Waals surface area contributed by atoms with E-state index in [1.54, 1.807) is 30.3 Å². The summed E-state index contributed by atoms with van der Waals surface area (Å²) in [6, 6.07) is 11.1. The first kappa shape index (κ1) is 18.9. The van der Waals surface area contributed by atoms with E-state index < -0.39 is 11.8 Å². The van der Waals surface area contributed by atoms with Gasteiger partial charge in [-0.05, 0) is 24.3 Å². The molecule has 0 saturated carbocycles. The van der Waals surface area contributed by atoms with E-state index in [2.05, 4.69) is 5.32 Å². The highest BCUT2D eigenvalue weighted by Crippen LogP contribution is 2.29. The van der Waals surface area contributed by atoms with Crippen molar-refractivity contribution in [2.75, 3.05) is 25.5 Å². The van der Waals surface area contributed by atoms with Gasteiger partial charge < -0.3 is 20.1 Å². The van der Waals surface area contributed by atoms with Crippen LogP contribution in [-0.4, -0.2) is 42.0 Å². The maximum absolute atomic E-state index is 12.1. The van der Waals surface area contributed by atoms with Gasteiger partial charge in [0.15, 0.2) is 18.1 Å². The number of para-hydroxylation sites is 3. The molecular weight excluding hydrogens is 367 g/mol. The van der Waals surface area contributed by atoms with Gasteiger partial charge in [-0.25, -0.2) is 0 Å². The van der Waals surface area contributed by atoms with Crippen LogP contribution in [-0.2, 0) is 9.59 Å². The summed E-state index contributed by atoms with van der Waals surface area (Å²) >= 11 is 12.0. The maximum atomic E-state index is 12.1. The van der Waals surface area contributed by atoms with Crippen LogP contribution in [0.1, 0.15) is 0 Å². The number of halogens is 2. The average Bonchev–Trinajstić information content (AvgIpc) is 2.57. The average molecular weight is 383 g/mol. The third-order valence-electron chi connectivity index (χ3n) is 3.25. The zero-order valence-corrected chi connectivity index (χ0v) is 14.8. The summed E-state index contributed by atoms with van der Waals surface area (Å²) in [5.74, 6) is -0.752. The van der Waals surface area contributed by atoms with E-state index in [4.69, 9.17) is 27.9 Å². The Kier molecular flexibility index (Phi) is 6.50. The molecule has 0 aliphatic heterocycles. The number of anilines is 1. The van der Waals surface area contributed by atoms with Gasteiger partial charge in [0.25, 0.3) is 5.91 Å². The molecule has 6 nitrogen and oxygen atoms in total. The molecule has 2 N–H and O–H groups in total. The smallest absolute Gasteiger partial charge is 0.260 e. The summed E-state index contributed by atoms with van der Waals surface area (Å²) in [7, 11) is 1.46. The van der Waals surface area contributed by atoms with Crippen molar-refractivity contribution >= 4 is 40.7 Å². The van der Waals surface area contributed by atoms with Gasteiger partial charge in [-0.3, -0.25) is 9.59 Å². The van der Waals surface area contributed by atoms with Crippen LogP contribution in [0, 0.1) is 0 Å². The Morgan fingerprint density at radius 3 is 2.40 bits per heavy atom. The molecule has 8 heteroatoms. The minimum Gasteiger partial charge on any atom is -0.504 e. The topological polar surface area (TPSA) is 78.9 Å². The summed E-state index contributed by atoms with van der Waals surface area (Å²) in [5, 5.41) is 12.8. The van der Waals surface area contributed by atoms with Crippen molar-refractivity contribution < 1.29 is 19.4 Å². The van der Waals surface area contributed by atoms with Gasteiger partial charge in [-0.2, -0.15) is 0 Å². The number of carbonyl (C=O) groups is 2. The second kappa shape index (κ2) is 8.60. The molecule has 25 heavy (non-hydrogen) atoms. The fraction of sp³-hybridized carbons (Fsp3) is 0.176. The number of nitrogens with zero attached hydrogens (tertiary/aromatic N) is 1. The molecule has 0 bridgehead atoms. The standard InChI is InChI=1S/C17H16Cl2N2O4/c1-21(16(24)10-25-14-8-3-2-7-13(14)22)9-15(23)20-17-11(18)5-4-6-12(17)19/h2-8,22H,9-10H2,1H3,(H,20,23). The third-order valence-corrected chi connectivity index (χ3v) is 3.88. The normalized spacial score (nSPS) is 10.2. The van der Waals surface area contributed by atoms with Crippen molar-refractivity contribution in [3.8, 4) is 11.5 Å². The number of phenolic OH excluding ortho intramolecular Hbond substituents is 1. The highest BCUT2D eigenvalue weighted by molar-refractivity contribution is 6.39. The molecular formula is C17H16Cl2N2O4. The van der Waals surface area contributed by atoms with E-state index in [-0.39, 0.29) is 24.7 Å². The van der Waals surface area contributed by atoms with Gasteiger partial charge >= 0.3 is 0 Å². The molecule has 0 aliphatic carbocycles. The number of benzene rings is 2. The number of hydrogen-bond donors (Lipinski definition) is 2. The first-order valence-electron chi connectivity index (χ1n) is 7.27. The van der Waals surface area contributed by atoms with Crippen LogP contribution < -0.4 is 10.1 Å². The lowest BCUT2D eigenvalue weighted by Gasteiger charge is -2.18. The fourth-order valence-electron chi connectivity index (χ4n) is 1.93. The van der Waals surface area contributed by atoms with E-state index in [0.717, 1.165) is 0 Å². The lowest BCUT2D eigenvalue weighted by molar-refractivity contribution is -0.135. The van der Waals surface area contributed by atoms with E-state index >= 15 is 0 Å². The summed E-state index contributed by atoms with van der Waals surface area (Å²) in [5.41, 5.74) is 0.294. The van der Waals surface area contributed by atoms with Crippen LogP contribution in [0.5, 0.6) is 11.5 Å². The summed E-state index contributed by atoms with van der Waals surface area (Å²) in [6.45, 7) is -0.515. The number of carbonyl (C=O) groups excluding carboxylic acids is 2. The number of nitrogens with one attached hydrogen (secondary N) is 1. The Morgan fingerprint density at radius 1 is 1.12 bits per heavy atom. The predicted molar refractivity (Wildman–Crippen MR) is 96.3 cm³/mol. The van der Waals surface area contributed by atoms with Crippen molar-refractivity contribution in [3.63, 3.8) is 0 Å². The van der Waals surface area contributed by atoms with E-state index in [1.165, 1.54) is 24.1 Å². The fourth-order valence-corrected chi connectivity index (χ4v) is 2.42. The second-order valence-corrected chi connectivity index (χ2v) is 5.97. The first-order valence-corrected chi connectivity index (χ1v) is 8.02. The van der Waals surface area contributed by atoms with E-state index in [0.29, 0.717) is 15.7 Å². The SMILES string of the molecule is CN(CC(=O)Nc1c(Cl)cccc1Cl)C(=O)COc1ccccc1O. The van der Waals surface area contributed by atoms with Crippen molar-refractivity contribution in [2.45, 2.75) is 0 Å². The molecule has 2 aromatic rings. The van der Waals surface area contributed by atoms with Gasteiger partial charge in [0.2, 0.25) is 5.91 Å². The number of amides is 2. The Bertz CT molecular complexity index is 763. The van der Waals surface area contributed by atoms with Crippen LogP contribution in [0.3, 0.4) is 0 Å². The highest BCUT2D eigenvalue weighted by atomic mass is 35.5. The minimum absolute atomic E-state index is 0.0657. The van der Waals surface area contributed by atoms with Crippen molar-refractivity contribution in [3.05, 3.63) is 52.5 Å². The molecule has 132 valence electrons. The van der Waals surface area contributed by atoms with Crippen LogP contribution in [0.25, 0.3) is 0 Å². The molecule has 0 unspecified atom stereocenters. The largest absolute Gasteiger partial charge is 0.504 e. The molecule has 0 aromatic heterocycles. The van der Waals surface area contributed by atoms with E-state index in [1.807, 2.05) is 0 Å². The van der Waals surface area contributed by atoms with E-state index in [9.17, 15) is 14.7 Å². The summed E-state index contributed by atoms with van der Waals surface area (Å²) in [4.78, 5) is 25.3. The quantitative estimate of drug-likeness (QED) is 0.803. The van der Waals surface area contributed by atoms with Crippen LogP contribution in [0.4, 0.5) is 5.69 Å². The molecule has 0 fully saturated rings. The highest BCUT2D eigenvalue weighted by Gasteiger charge is 2.16. The molecule has 0 radical (unpaired) electrons. The van der Waals surface area contributed by atoms with Crippen molar-refractivity contribution in [2.24, 2.45) is 0 Å². The Morgan fingerprint density at radius 2 is 1.76 bits per heavy atom. The zero-order valence-electron chi connectivity index (χ0n) is 13.3. The molecule has 0 atom stereocenters. The van der Waals surface area contributed by atoms with Crippen molar-refractivity contribution in [1.82, 2.24) is 4.90 Å². The predicted octanol–water partition coefficient (Wildman–Crippen LogP) is 3.17. The Labute approximate surface area is 154 Å². The lowest BCUT2D eigenvalue weighted by Crippen LogP contribution is -2.37. The van der Waals surface area contributed by atoms with Crippen LogP contribution in [0.15, 0.2) is 42.5 Å². The molecule has 0 spiro atoms. The van der Waals surface area contributed by atoms with Crippen LogP contribution in [0.2, 0.25) is 10.0 Å². The first-order chi connectivity index (χ1) is 11.9. The summed E-state index contributed by atoms with van der Waals surface area (Å²) < 4.78 is 5.24. The van der Waals surface area contributed by atoms with Crippen molar-refractivity contribution in [1.29, 1.82) is 0 Å². The molecule has 0 heterocycles. The number of rotatable bonds is 6. The number of hydrogen-bond acceptors (Lipinski definition) is 4. The zero-order chi connectivity index (χ0) is 18.4. The van der Waals surface area contributed by atoms with Gasteiger partial charge in [0.1, 0.15) is 0 Å². The van der Waals surface area contributed by atoms with Gasteiger partial charge in [-0.15, -0.1) is 0 Å². The number of phenols is 1. The molecule has 0 aliphatic rings. The number of aromatic hydroxyl groups is 1. The monoisotopic (exact) mass is 382 g/mol. The van der Waals surface area contributed by atoms with Gasteiger partial charge in [-0.1, -0.05) is 41.4 Å². The molecule has 2 aromatic carbocycles. The maximum Gasteiger partial charge on any atom is 0.260 e. The Balaban J connectivity index is 1.88.